The number of thiol groups is 1. The molecular weight excluding hydrogens is 334 g/mol. The van der Waals surface area contributed by atoms with E-state index in [2.05, 4.69) is 28.6 Å². The van der Waals surface area contributed by atoms with Crippen LogP contribution in [0.4, 0.5) is 0 Å². The second-order valence-electron chi connectivity index (χ2n) is 5.08. The minimum atomic E-state index is -0.534. The molecule has 0 bridgehead atoms. The maximum absolute atomic E-state index is 11.7. The van der Waals surface area contributed by atoms with Gasteiger partial charge in [-0.1, -0.05) is 0 Å². The molecule has 0 radical (unpaired) electrons. The summed E-state index contributed by atoms with van der Waals surface area (Å²) >= 11 is 3.85. The molecule has 24 heavy (non-hydrogen) atoms. The van der Waals surface area contributed by atoms with E-state index in [1.54, 1.807) is 0 Å². The monoisotopic (exact) mass is 363 g/mol. The molecule has 2 amide bonds. The van der Waals surface area contributed by atoms with Crippen LogP contribution in [0.15, 0.2) is 0 Å². The maximum Gasteiger partial charge on any atom is 0.246 e. The Morgan fingerprint density at radius 2 is 1.83 bits per heavy atom. The zero-order valence-corrected chi connectivity index (χ0v) is 15.1. The van der Waals surface area contributed by atoms with Gasteiger partial charge >= 0.3 is 0 Å². The van der Waals surface area contributed by atoms with Gasteiger partial charge in [-0.2, -0.15) is 12.6 Å². The normalized spacial score (nSPS) is 11.8. The molecule has 0 aromatic rings. The van der Waals surface area contributed by atoms with E-state index in [1.165, 1.54) is 0 Å². The minimum Gasteiger partial charge on any atom is -0.378 e. The van der Waals surface area contributed by atoms with Gasteiger partial charge in [0.1, 0.15) is 12.9 Å². The number of unbranched alkanes of at least 4 members (excludes halogenated alkanes) is 1. The Balaban J connectivity index is 3.62. The van der Waals surface area contributed by atoms with Gasteiger partial charge in [-0.15, -0.1) is 0 Å². The van der Waals surface area contributed by atoms with E-state index >= 15 is 0 Å². The summed E-state index contributed by atoms with van der Waals surface area (Å²) in [5.74, 6) is -0.288. The summed E-state index contributed by atoms with van der Waals surface area (Å²) < 4.78 is 10.4. The summed E-state index contributed by atoms with van der Waals surface area (Å²) in [6, 6.07) is -0.534. The molecular formula is C15H29N3O5S. The van der Waals surface area contributed by atoms with E-state index in [9.17, 15) is 14.4 Å². The van der Waals surface area contributed by atoms with Crippen molar-refractivity contribution < 1.29 is 23.9 Å². The number of carbonyl (C=O) groups is 3. The van der Waals surface area contributed by atoms with Crippen molar-refractivity contribution in [2.45, 2.75) is 25.3 Å². The predicted molar refractivity (Wildman–Crippen MR) is 94.3 cm³/mol. The SMILES string of the molecule is CNCCOCCOCC(=O)NC(C=O)CCCCNC(=O)CS. The summed E-state index contributed by atoms with van der Waals surface area (Å²) in [5, 5.41) is 8.25. The average molecular weight is 363 g/mol. The predicted octanol–water partition coefficient (Wildman–Crippen LogP) is -0.861. The highest BCUT2D eigenvalue weighted by Crippen LogP contribution is 1.99. The molecule has 1 atom stereocenters. The lowest BCUT2D eigenvalue weighted by Gasteiger charge is -2.13. The van der Waals surface area contributed by atoms with Crippen molar-refractivity contribution >= 4 is 30.7 Å². The van der Waals surface area contributed by atoms with Crippen molar-refractivity contribution in [3.63, 3.8) is 0 Å². The molecule has 0 aromatic heterocycles. The summed E-state index contributed by atoms with van der Waals surface area (Å²) in [6.45, 7) is 2.54. The van der Waals surface area contributed by atoms with Gasteiger partial charge < -0.3 is 30.2 Å². The lowest BCUT2D eigenvalue weighted by molar-refractivity contribution is -0.128. The number of hydrogen-bond acceptors (Lipinski definition) is 7. The van der Waals surface area contributed by atoms with Crippen LogP contribution in [0, 0.1) is 0 Å². The molecule has 0 aliphatic heterocycles. The van der Waals surface area contributed by atoms with Gasteiger partial charge in [-0.25, -0.2) is 0 Å². The lowest BCUT2D eigenvalue weighted by atomic mass is 10.1. The van der Waals surface area contributed by atoms with E-state index in [-0.39, 0.29) is 24.2 Å². The molecule has 0 heterocycles. The van der Waals surface area contributed by atoms with Gasteiger partial charge in [0, 0.05) is 13.1 Å². The number of hydrogen-bond donors (Lipinski definition) is 4. The second kappa shape index (κ2) is 16.7. The van der Waals surface area contributed by atoms with Crippen LogP contribution in [-0.2, 0) is 23.9 Å². The number of amides is 2. The van der Waals surface area contributed by atoms with Gasteiger partial charge in [-0.05, 0) is 26.3 Å². The molecule has 0 saturated carbocycles. The van der Waals surface area contributed by atoms with Gasteiger partial charge in [0.2, 0.25) is 11.8 Å². The highest BCUT2D eigenvalue weighted by Gasteiger charge is 2.11. The molecule has 8 nitrogen and oxygen atoms in total. The molecule has 0 aliphatic carbocycles. The summed E-state index contributed by atoms with van der Waals surface area (Å²) in [5.41, 5.74) is 0. The highest BCUT2D eigenvalue weighted by atomic mass is 32.1. The van der Waals surface area contributed by atoms with E-state index in [0.29, 0.717) is 39.1 Å². The van der Waals surface area contributed by atoms with Crippen LogP contribution in [0.25, 0.3) is 0 Å². The molecule has 0 aliphatic rings. The van der Waals surface area contributed by atoms with E-state index in [0.717, 1.165) is 19.4 Å². The number of aldehydes is 1. The summed E-state index contributed by atoms with van der Waals surface area (Å²) in [6.07, 6.45) is 2.70. The first kappa shape index (κ1) is 22.8. The van der Waals surface area contributed by atoms with Crippen LogP contribution in [0.2, 0.25) is 0 Å². The van der Waals surface area contributed by atoms with Crippen molar-refractivity contribution in [2.75, 3.05) is 52.3 Å². The fourth-order valence-corrected chi connectivity index (χ4v) is 1.87. The third-order valence-corrected chi connectivity index (χ3v) is 3.31. The molecule has 0 spiro atoms. The van der Waals surface area contributed by atoms with Crippen molar-refractivity contribution in [1.82, 2.24) is 16.0 Å². The fourth-order valence-electron chi connectivity index (χ4n) is 1.75. The Hall–Kier alpha value is -1.16. The number of nitrogens with one attached hydrogen (secondary N) is 3. The zero-order chi connectivity index (χ0) is 18.0. The largest absolute Gasteiger partial charge is 0.378 e. The lowest BCUT2D eigenvalue weighted by Crippen LogP contribution is -2.38. The first-order valence-electron chi connectivity index (χ1n) is 8.06. The topological polar surface area (TPSA) is 106 Å². The number of rotatable bonds is 16. The van der Waals surface area contributed by atoms with E-state index in [1.807, 2.05) is 7.05 Å². The van der Waals surface area contributed by atoms with Gasteiger partial charge in [0.25, 0.3) is 0 Å². The number of ether oxygens (including phenoxy) is 2. The van der Waals surface area contributed by atoms with Gasteiger partial charge in [-0.3, -0.25) is 9.59 Å². The van der Waals surface area contributed by atoms with Crippen LogP contribution < -0.4 is 16.0 Å². The molecule has 9 heteroatoms. The van der Waals surface area contributed by atoms with Crippen molar-refractivity contribution in [3.8, 4) is 0 Å². The minimum absolute atomic E-state index is 0.0995. The van der Waals surface area contributed by atoms with E-state index in [4.69, 9.17) is 9.47 Å². The fraction of sp³-hybridized carbons (Fsp3) is 0.800. The molecule has 0 aromatic carbocycles. The smallest absolute Gasteiger partial charge is 0.246 e. The van der Waals surface area contributed by atoms with Gasteiger partial charge in [0.15, 0.2) is 0 Å². The third-order valence-electron chi connectivity index (χ3n) is 3.02. The third kappa shape index (κ3) is 14.4. The van der Waals surface area contributed by atoms with E-state index < -0.39 is 6.04 Å². The second-order valence-corrected chi connectivity index (χ2v) is 5.40. The Bertz CT molecular complexity index is 358. The van der Waals surface area contributed by atoms with Crippen LogP contribution in [-0.4, -0.2) is 76.5 Å². The quantitative estimate of drug-likeness (QED) is 0.162. The number of carbonyl (C=O) groups excluding carboxylic acids is 3. The Kier molecular flexibility index (Phi) is 15.9. The summed E-state index contributed by atoms with van der Waals surface area (Å²) in [4.78, 5) is 33.6. The maximum atomic E-state index is 11.7. The first-order valence-corrected chi connectivity index (χ1v) is 8.69. The van der Waals surface area contributed by atoms with Crippen LogP contribution in [0.3, 0.4) is 0 Å². The van der Waals surface area contributed by atoms with Crippen LogP contribution in [0.1, 0.15) is 19.3 Å². The van der Waals surface area contributed by atoms with Crippen molar-refractivity contribution in [1.29, 1.82) is 0 Å². The molecule has 140 valence electrons. The van der Waals surface area contributed by atoms with Crippen LogP contribution >= 0.6 is 12.6 Å². The molecule has 0 fully saturated rings. The van der Waals surface area contributed by atoms with Crippen LogP contribution in [0.5, 0.6) is 0 Å². The Labute approximate surface area is 148 Å². The zero-order valence-electron chi connectivity index (χ0n) is 14.2. The Morgan fingerprint density at radius 1 is 1.08 bits per heavy atom. The molecule has 3 N–H and O–H groups in total. The Morgan fingerprint density at radius 3 is 2.50 bits per heavy atom. The molecule has 1 unspecified atom stereocenters. The van der Waals surface area contributed by atoms with Crippen molar-refractivity contribution in [3.05, 3.63) is 0 Å². The van der Waals surface area contributed by atoms with Crippen molar-refractivity contribution in [2.24, 2.45) is 0 Å². The molecule has 0 saturated heterocycles. The first-order chi connectivity index (χ1) is 11.6. The average Bonchev–Trinajstić information content (AvgIpc) is 2.59. The highest BCUT2D eigenvalue weighted by molar-refractivity contribution is 7.81. The number of likely N-dealkylation sites (N-methyl/N-ethyl adjacent to an activating group) is 1. The summed E-state index contributed by atoms with van der Waals surface area (Å²) in [7, 11) is 1.84. The molecule has 0 rings (SSSR count). The standard InChI is InChI=1S/C15H29N3O5S/c1-16-6-7-22-8-9-23-11-14(20)18-13(10-19)4-2-3-5-17-15(21)12-24/h10,13,16,24H,2-9,11-12H2,1H3,(H,17,21)(H,18,20). The van der Waals surface area contributed by atoms with Gasteiger partial charge in [0.05, 0.1) is 31.6 Å².